The molecule has 1 aromatic rings. The number of guanidine groups is 1. The van der Waals surface area contributed by atoms with E-state index in [1.807, 2.05) is 24.1 Å². The summed E-state index contributed by atoms with van der Waals surface area (Å²) in [5.41, 5.74) is 1.56. The minimum Gasteiger partial charge on any atom is -0.355 e. The minimum atomic E-state index is -0.0279. The number of carbonyl (C=O) groups is 1. The van der Waals surface area contributed by atoms with Crippen molar-refractivity contribution in [1.29, 1.82) is 0 Å². The summed E-state index contributed by atoms with van der Waals surface area (Å²) >= 11 is 6.05. The van der Waals surface area contributed by atoms with E-state index in [4.69, 9.17) is 11.6 Å². The van der Waals surface area contributed by atoms with Gasteiger partial charge in [-0.15, -0.1) is 24.0 Å². The maximum absolute atomic E-state index is 12.7. The first kappa shape index (κ1) is 24.6. The summed E-state index contributed by atoms with van der Waals surface area (Å²) in [5, 5.41) is 4.40. The van der Waals surface area contributed by atoms with E-state index in [1.165, 1.54) is 18.4 Å². The predicted octanol–water partition coefficient (Wildman–Crippen LogP) is 3.19. The van der Waals surface area contributed by atoms with E-state index >= 15 is 0 Å². The maximum atomic E-state index is 12.7. The number of nitrogens with one attached hydrogen (secondary N) is 1. The summed E-state index contributed by atoms with van der Waals surface area (Å²) in [7, 11) is 1.86. The predicted molar refractivity (Wildman–Crippen MR) is 138 cm³/mol. The van der Waals surface area contributed by atoms with Crippen LogP contribution in [-0.4, -0.2) is 85.5 Å². The number of piperazine rings is 1. The summed E-state index contributed by atoms with van der Waals surface area (Å²) in [6.45, 7) is 8.38. The summed E-state index contributed by atoms with van der Waals surface area (Å²) < 4.78 is 0. The molecule has 172 valence electrons. The van der Waals surface area contributed by atoms with E-state index in [2.05, 4.69) is 39.2 Å². The molecule has 4 rings (SSSR count). The molecule has 2 saturated heterocycles. The van der Waals surface area contributed by atoms with Crippen molar-refractivity contribution in [2.45, 2.75) is 44.1 Å². The van der Waals surface area contributed by atoms with Crippen molar-refractivity contribution in [3.63, 3.8) is 0 Å². The SMILES string of the molecule is CN=C(NCC1(c2ccc(Cl)cc2)CC1)N1CCN(C(C)C(=O)N2CCCC2)CC1.I. The molecule has 0 spiro atoms. The van der Waals surface area contributed by atoms with E-state index in [0.717, 1.165) is 69.6 Å². The second-order valence-corrected chi connectivity index (χ2v) is 9.36. The molecule has 8 heteroatoms. The van der Waals surface area contributed by atoms with E-state index in [-0.39, 0.29) is 35.4 Å². The zero-order valence-corrected chi connectivity index (χ0v) is 21.7. The van der Waals surface area contributed by atoms with Crippen LogP contribution in [0.25, 0.3) is 0 Å². The number of amides is 1. The third-order valence-electron chi connectivity index (χ3n) is 7.04. The molecular formula is C23H35ClIN5O. The van der Waals surface area contributed by atoms with Crippen LogP contribution in [0.2, 0.25) is 5.02 Å². The lowest BCUT2D eigenvalue weighted by Crippen LogP contribution is -2.57. The van der Waals surface area contributed by atoms with E-state index in [9.17, 15) is 4.79 Å². The Morgan fingerprint density at radius 2 is 1.68 bits per heavy atom. The van der Waals surface area contributed by atoms with Crippen molar-refractivity contribution in [2.75, 3.05) is 52.9 Å². The molecule has 1 unspecified atom stereocenters. The Hall–Kier alpha value is -1.06. The third-order valence-corrected chi connectivity index (χ3v) is 7.30. The zero-order valence-electron chi connectivity index (χ0n) is 18.6. The fourth-order valence-electron chi connectivity index (χ4n) is 4.78. The Morgan fingerprint density at radius 3 is 2.23 bits per heavy atom. The quantitative estimate of drug-likeness (QED) is 0.342. The van der Waals surface area contributed by atoms with Crippen molar-refractivity contribution in [1.82, 2.24) is 20.0 Å². The molecule has 1 saturated carbocycles. The normalized spacial score (nSPS) is 22.1. The molecule has 2 heterocycles. The fraction of sp³-hybridized carbons (Fsp3) is 0.652. The monoisotopic (exact) mass is 559 g/mol. The summed E-state index contributed by atoms with van der Waals surface area (Å²) in [5.74, 6) is 1.26. The Bertz CT molecular complexity index is 769. The topological polar surface area (TPSA) is 51.2 Å². The number of halogens is 2. The molecule has 1 atom stereocenters. The molecule has 1 aliphatic carbocycles. The van der Waals surface area contributed by atoms with Crippen LogP contribution in [0.15, 0.2) is 29.3 Å². The van der Waals surface area contributed by atoms with Gasteiger partial charge in [-0.05, 0) is 50.3 Å². The van der Waals surface area contributed by atoms with Gasteiger partial charge in [-0.25, -0.2) is 0 Å². The second-order valence-electron chi connectivity index (χ2n) is 8.92. The molecule has 2 aliphatic heterocycles. The lowest BCUT2D eigenvalue weighted by molar-refractivity contribution is -0.135. The molecule has 3 aliphatic rings. The Balaban J connectivity index is 0.00000272. The number of aliphatic imine (C=N–C) groups is 1. The van der Waals surface area contributed by atoms with Gasteiger partial charge in [-0.3, -0.25) is 14.7 Å². The summed E-state index contributed by atoms with van der Waals surface area (Å²) in [6, 6.07) is 8.24. The third kappa shape index (κ3) is 5.66. The zero-order chi connectivity index (χ0) is 21.1. The lowest BCUT2D eigenvalue weighted by Gasteiger charge is -2.39. The molecular weight excluding hydrogens is 525 g/mol. The standard InChI is InChI=1S/C23H34ClN5O.HI/c1-18(21(30)28-11-3-4-12-28)27-13-15-29(16-14-27)22(25-2)26-17-23(9-10-23)19-5-7-20(24)8-6-19;/h5-8,18H,3-4,9-17H2,1-2H3,(H,25,26);1H. The van der Waals surface area contributed by atoms with Gasteiger partial charge in [0, 0.05) is 63.3 Å². The van der Waals surface area contributed by atoms with Crippen LogP contribution in [0.5, 0.6) is 0 Å². The van der Waals surface area contributed by atoms with Crippen molar-refractivity contribution in [2.24, 2.45) is 4.99 Å². The van der Waals surface area contributed by atoms with Crippen LogP contribution in [0.4, 0.5) is 0 Å². The van der Waals surface area contributed by atoms with Gasteiger partial charge < -0.3 is 15.1 Å². The molecule has 1 amide bonds. The van der Waals surface area contributed by atoms with E-state index in [1.54, 1.807) is 0 Å². The number of benzene rings is 1. The van der Waals surface area contributed by atoms with Gasteiger partial charge in [0.1, 0.15) is 0 Å². The Kier molecular flexibility index (Phi) is 8.49. The van der Waals surface area contributed by atoms with Crippen LogP contribution in [0.1, 0.15) is 38.2 Å². The highest BCUT2D eigenvalue weighted by Crippen LogP contribution is 2.47. The van der Waals surface area contributed by atoms with E-state index < -0.39 is 0 Å². The molecule has 0 radical (unpaired) electrons. The van der Waals surface area contributed by atoms with Gasteiger partial charge in [-0.1, -0.05) is 23.7 Å². The lowest BCUT2D eigenvalue weighted by atomic mass is 9.96. The second kappa shape index (κ2) is 10.7. The molecule has 0 aromatic heterocycles. The number of likely N-dealkylation sites (tertiary alicyclic amines) is 1. The van der Waals surface area contributed by atoms with Gasteiger partial charge >= 0.3 is 0 Å². The van der Waals surface area contributed by atoms with Crippen LogP contribution in [-0.2, 0) is 10.2 Å². The van der Waals surface area contributed by atoms with Crippen LogP contribution in [0.3, 0.4) is 0 Å². The smallest absolute Gasteiger partial charge is 0.239 e. The summed E-state index contributed by atoms with van der Waals surface area (Å²) in [6.07, 6.45) is 4.68. The average molecular weight is 560 g/mol. The van der Waals surface area contributed by atoms with Gasteiger partial charge in [0.25, 0.3) is 0 Å². The number of hydrogen-bond donors (Lipinski definition) is 1. The van der Waals surface area contributed by atoms with Crippen molar-refractivity contribution >= 4 is 47.4 Å². The molecule has 1 N–H and O–H groups in total. The van der Waals surface area contributed by atoms with Gasteiger partial charge in [0.2, 0.25) is 5.91 Å². The largest absolute Gasteiger partial charge is 0.355 e. The van der Waals surface area contributed by atoms with Crippen LogP contribution < -0.4 is 5.32 Å². The molecule has 1 aromatic carbocycles. The van der Waals surface area contributed by atoms with Gasteiger partial charge in [0.15, 0.2) is 5.96 Å². The summed E-state index contributed by atoms with van der Waals surface area (Å²) in [4.78, 5) is 23.9. The molecule has 0 bridgehead atoms. The van der Waals surface area contributed by atoms with Gasteiger partial charge in [-0.2, -0.15) is 0 Å². The highest BCUT2D eigenvalue weighted by molar-refractivity contribution is 14.0. The highest BCUT2D eigenvalue weighted by atomic mass is 127. The Labute approximate surface area is 208 Å². The van der Waals surface area contributed by atoms with E-state index in [0.29, 0.717) is 5.91 Å². The molecule has 31 heavy (non-hydrogen) atoms. The van der Waals surface area contributed by atoms with Crippen molar-refractivity contribution in [3.05, 3.63) is 34.9 Å². The maximum Gasteiger partial charge on any atom is 0.239 e. The molecule has 6 nitrogen and oxygen atoms in total. The first-order chi connectivity index (χ1) is 14.5. The number of rotatable bonds is 5. The minimum absolute atomic E-state index is 0. The average Bonchev–Trinajstić information content (AvgIpc) is 3.36. The number of carbonyl (C=O) groups excluding carboxylic acids is 1. The number of hydrogen-bond acceptors (Lipinski definition) is 3. The Morgan fingerprint density at radius 1 is 1.06 bits per heavy atom. The molecule has 3 fully saturated rings. The van der Waals surface area contributed by atoms with Crippen LogP contribution >= 0.6 is 35.6 Å². The highest BCUT2D eigenvalue weighted by Gasteiger charge is 2.44. The van der Waals surface area contributed by atoms with Crippen molar-refractivity contribution < 1.29 is 4.79 Å². The van der Waals surface area contributed by atoms with Crippen LogP contribution in [0, 0.1) is 0 Å². The number of nitrogens with zero attached hydrogens (tertiary/aromatic N) is 4. The van der Waals surface area contributed by atoms with Gasteiger partial charge in [0.05, 0.1) is 6.04 Å². The first-order valence-corrected chi connectivity index (χ1v) is 11.6. The fourth-order valence-corrected chi connectivity index (χ4v) is 4.91. The van der Waals surface area contributed by atoms with Crippen molar-refractivity contribution in [3.8, 4) is 0 Å². The first-order valence-electron chi connectivity index (χ1n) is 11.3.